The van der Waals surface area contributed by atoms with E-state index in [9.17, 15) is 19.5 Å². The lowest BCUT2D eigenvalue weighted by molar-refractivity contribution is -0.145. The summed E-state index contributed by atoms with van der Waals surface area (Å²) in [4.78, 5) is 38.6. The maximum Gasteiger partial charge on any atom is 0.407 e. The SMILES string of the molecule is CCCN(CC(=O)O)C(=O)C(CCC(C)(C)C)NC(=O)OCC1c2ccccc2-c2ccccc21. The molecule has 35 heavy (non-hydrogen) atoms. The third-order valence-electron chi connectivity index (χ3n) is 6.25. The molecule has 7 heteroatoms. The fourth-order valence-corrected chi connectivity index (χ4v) is 4.54. The van der Waals surface area contributed by atoms with E-state index in [1.807, 2.05) is 43.3 Å². The number of hydrogen-bond acceptors (Lipinski definition) is 4. The quantitative estimate of drug-likeness (QED) is 0.496. The molecule has 1 aliphatic rings. The second-order valence-corrected chi connectivity index (χ2v) is 10.3. The van der Waals surface area contributed by atoms with Crippen molar-refractivity contribution in [2.75, 3.05) is 19.7 Å². The molecule has 0 bridgehead atoms. The lowest BCUT2D eigenvalue weighted by atomic mass is 9.88. The minimum atomic E-state index is -1.08. The number of carbonyl (C=O) groups is 3. The average Bonchev–Trinajstić information content (AvgIpc) is 3.12. The number of aliphatic carboxylic acids is 1. The summed E-state index contributed by atoms with van der Waals surface area (Å²) in [6.45, 7) is 8.11. The van der Waals surface area contributed by atoms with E-state index < -0.39 is 30.6 Å². The van der Waals surface area contributed by atoms with Crippen LogP contribution in [0.25, 0.3) is 11.1 Å². The zero-order chi connectivity index (χ0) is 25.6. The van der Waals surface area contributed by atoms with Gasteiger partial charge in [-0.3, -0.25) is 9.59 Å². The molecule has 0 fully saturated rings. The Bertz CT molecular complexity index is 1010. The summed E-state index contributed by atoms with van der Waals surface area (Å²) < 4.78 is 5.64. The van der Waals surface area contributed by atoms with Crippen molar-refractivity contribution in [2.45, 2.75) is 58.9 Å². The monoisotopic (exact) mass is 480 g/mol. The van der Waals surface area contributed by atoms with Crippen molar-refractivity contribution in [1.29, 1.82) is 0 Å². The zero-order valence-electron chi connectivity index (χ0n) is 21.0. The number of nitrogens with one attached hydrogen (secondary N) is 1. The summed E-state index contributed by atoms with van der Waals surface area (Å²) in [6, 6.07) is 15.3. The molecule has 0 aromatic heterocycles. The van der Waals surface area contributed by atoms with E-state index in [2.05, 4.69) is 38.2 Å². The molecule has 2 aromatic rings. The van der Waals surface area contributed by atoms with Gasteiger partial charge in [-0.25, -0.2) is 4.79 Å². The standard InChI is InChI=1S/C28H36N2O5/c1-5-16-30(17-25(31)32)26(33)24(14-15-28(2,3)4)29-27(34)35-18-23-21-12-8-6-10-19(21)20-11-7-9-13-22(20)23/h6-13,23-24H,5,14-18H2,1-4H3,(H,29,34)(H,31,32). The van der Waals surface area contributed by atoms with Crippen molar-refractivity contribution in [3.63, 3.8) is 0 Å². The summed E-state index contributed by atoms with van der Waals surface area (Å²) in [5, 5.41) is 12.0. The van der Waals surface area contributed by atoms with Gasteiger partial charge in [-0.15, -0.1) is 0 Å². The van der Waals surface area contributed by atoms with Gasteiger partial charge in [0.1, 0.15) is 19.2 Å². The number of benzene rings is 2. The first-order valence-electron chi connectivity index (χ1n) is 12.2. The number of amides is 2. The molecule has 1 aliphatic carbocycles. The van der Waals surface area contributed by atoms with Crippen LogP contribution in [-0.2, 0) is 14.3 Å². The molecule has 188 valence electrons. The first-order valence-corrected chi connectivity index (χ1v) is 12.2. The summed E-state index contributed by atoms with van der Waals surface area (Å²) in [6.07, 6.45) is 1.02. The number of alkyl carbamates (subject to hydrolysis) is 1. The van der Waals surface area contributed by atoms with Crippen LogP contribution in [0, 0.1) is 5.41 Å². The summed E-state index contributed by atoms with van der Waals surface area (Å²) in [7, 11) is 0. The third kappa shape index (κ3) is 6.84. The molecule has 0 radical (unpaired) electrons. The molecule has 0 saturated carbocycles. The maximum absolute atomic E-state index is 13.2. The van der Waals surface area contributed by atoms with Gasteiger partial charge in [0.25, 0.3) is 0 Å². The zero-order valence-corrected chi connectivity index (χ0v) is 21.0. The normalized spacial score (nSPS) is 13.5. The van der Waals surface area contributed by atoms with E-state index in [1.165, 1.54) is 4.90 Å². The third-order valence-corrected chi connectivity index (χ3v) is 6.25. The van der Waals surface area contributed by atoms with Crippen LogP contribution in [0.3, 0.4) is 0 Å². The highest BCUT2D eigenvalue weighted by Gasteiger charge is 2.31. The Kier molecular flexibility index (Phi) is 8.54. The van der Waals surface area contributed by atoms with Gasteiger partial charge in [0, 0.05) is 12.5 Å². The topological polar surface area (TPSA) is 95.9 Å². The Hall–Kier alpha value is -3.35. The molecular weight excluding hydrogens is 444 g/mol. The van der Waals surface area contributed by atoms with Crippen LogP contribution < -0.4 is 5.32 Å². The van der Waals surface area contributed by atoms with Crippen LogP contribution in [0.15, 0.2) is 48.5 Å². The highest BCUT2D eigenvalue weighted by atomic mass is 16.5. The van der Waals surface area contributed by atoms with Gasteiger partial charge in [0.15, 0.2) is 0 Å². The van der Waals surface area contributed by atoms with Crippen LogP contribution in [0.5, 0.6) is 0 Å². The molecule has 3 rings (SSSR count). The van der Waals surface area contributed by atoms with Gasteiger partial charge in [-0.05, 0) is 46.9 Å². The molecular formula is C28H36N2O5. The fourth-order valence-electron chi connectivity index (χ4n) is 4.54. The second kappa shape index (κ2) is 11.4. The molecule has 2 N–H and O–H groups in total. The number of fused-ring (bicyclic) bond motifs is 3. The molecule has 0 aliphatic heterocycles. The Morgan fingerprint density at radius 3 is 2.11 bits per heavy atom. The fraction of sp³-hybridized carbons (Fsp3) is 0.464. The van der Waals surface area contributed by atoms with E-state index >= 15 is 0 Å². The lowest BCUT2D eigenvalue weighted by Crippen LogP contribution is -2.50. The van der Waals surface area contributed by atoms with E-state index in [0.717, 1.165) is 22.3 Å². The Morgan fingerprint density at radius 1 is 1.03 bits per heavy atom. The van der Waals surface area contributed by atoms with Crippen molar-refractivity contribution in [3.05, 3.63) is 59.7 Å². The number of carboxylic acids is 1. The molecule has 0 heterocycles. The highest BCUT2D eigenvalue weighted by Crippen LogP contribution is 2.44. The Balaban J connectivity index is 1.71. The van der Waals surface area contributed by atoms with Crippen LogP contribution in [0.2, 0.25) is 0 Å². The van der Waals surface area contributed by atoms with E-state index in [-0.39, 0.29) is 17.9 Å². The summed E-state index contributed by atoms with van der Waals surface area (Å²) >= 11 is 0. The molecule has 0 saturated heterocycles. The van der Waals surface area contributed by atoms with Gasteiger partial charge in [0.05, 0.1) is 0 Å². The second-order valence-electron chi connectivity index (χ2n) is 10.3. The van der Waals surface area contributed by atoms with Crippen LogP contribution >= 0.6 is 0 Å². The predicted molar refractivity (Wildman–Crippen MR) is 135 cm³/mol. The molecule has 0 spiro atoms. The largest absolute Gasteiger partial charge is 0.480 e. The van der Waals surface area contributed by atoms with Crippen molar-refractivity contribution in [2.24, 2.45) is 5.41 Å². The number of carboxylic acid groups (broad SMARTS) is 1. The van der Waals surface area contributed by atoms with Crippen molar-refractivity contribution < 1.29 is 24.2 Å². The van der Waals surface area contributed by atoms with Crippen LogP contribution in [-0.4, -0.2) is 53.7 Å². The van der Waals surface area contributed by atoms with E-state index in [0.29, 0.717) is 25.8 Å². The summed E-state index contributed by atoms with van der Waals surface area (Å²) in [5.41, 5.74) is 4.44. The van der Waals surface area contributed by atoms with E-state index in [4.69, 9.17) is 4.74 Å². The molecule has 1 unspecified atom stereocenters. The van der Waals surface area contributed by atoms with Crippen molar-refractivity contribution >= 4 is 18.0 Å². The molecule has 2 aromatic carbocycles. The maximum atomic E-state index is 13.2. The number of carbonyl (C=O) groups excluding carboxylic acids is 2. The molecule has 1 atom stereocenters. The van der Waals surface area contributed by atoms with Gasteiger partial charge in [-0.2, -0.15) is 0 Å². The first-order chi connectivity index (χ1) is 16.6. The van der Waals surface area contributed by atoms with Gasteiger partial charge < -0.3 is 20.1 Å². The molecule has 2 amide bonds. The number of nitrogens with zero attached hydrogens (tertiary/aromatic N) is 1. The van der Waals surface area contributed by atoms with Gasteiger partial charge in [-0.1, -0.05) is 76.2 Å². The highest BCUT2D eigenvalue weighted by molar-refractivity contribution is 5.88. The molecule has 7 nitrogen and oxygen atoms in total. The van der Waals surface area contributed by atoms with Crippen molar-refractivity contribution in [1.82, 2.24) is 10.2 Å². The van der Waals surface area contributed by atoms with Crippen LogP contribution in [0.4, 0.5) is 4.79 Å². The van der Waals surface area contributed by atoms with Crippen LogP contribution in [0.1, 0.15) is 64.0 Å². The van der Waals surface area contributed by atoms with Gasteiger partial charge in [0.2, 0.25) is 5.91 Å². The van der Waals surface area contributed by atoms with Gasteiger partial charge >= 0.3 is 12.1 Å². The average molecular weight is 481 g/mol. The Morgan fingerprint density at radius 2 is 1.60 bits per heavy atom. The van der Waals surface area contributed by atoms with E-state index in [1.54, 1.807) is 0 Å². The number of rotatable bonds is 10. The Labute approximate surface area is 207 Å². The summed E-state index contributed by atoms with van der Waals surface area (Å²) in [5.74, 6) is -1.56. The number of hydrogen-bond donors (Lipinski definition) is 2. The predicted octanol–water partition coefficient (Wildman–Crippen LogP) is 5.04. The lowest BCUT2D eigenvalue weighted by Gasteiger charge is -2.28. The first kappa shape index (κ1) is 26.3. The minimum absolute atomic E-state index is 0.0518. The number of ether oxygens (including phenoxy) is 1. The van der Waals surface area contributed by atoms with Crippen molar-refractivity contribution in [3.8, 4) is 11.1 Å². The smallest absolute Gasteiger partial charge is 0.407 e. The minimum Gasteiger partial charge on any atom is -0.480 e.